The van der Waals surface area contributed by atoms with Crippen molar-refractivity contribution in [1.29, 1.82) is 0 Å². The molecular weight excluding hydrogens is 364 g/mol. The summed E-state index contributed by atoms with van der Waals surface area (Å²) >= 11 is 0. The van der Waals surface area contributed by atoms with Gasteiger partial charge < -0.3 is 5.11 Å². The number of aliphatic hydroxyl groups is 1. The monoisotopic (exact) mass is 412 g/mol. The number of allylic oxidation sites excluding steroid dienone is 3. The minimum Gasteiger partial charge on any atom is -0.393 e. The minimum atomic E-state index is -0.0870. The number of hydrogen-bond acceptors (Lipinski definition) is 1. The number of aliphatic hydroxyl groups excluding tert-OH is 1. The van der Waals surface area contributed by atoms with Crippen molar-refractivity contribution in [2.45, 2.75) is 105 Å². The molecule has 4 rings (SSSR count). The Bertz CT molecular complexity index is 674. The van der Waals surface area contributed by atoms with Gasteiger partial charge >= 0.3 is 0 Å². The highest BCUT2D eigenvalue weighted by Gasteiger charge is 2.58. The summed E-state index contributed by atoms with van der Waals surface area (Å²) in [5.41, 5.74) is 2.51. The second-order valence-corrected chi connectivity index (χ2v) is 12.4. The van der Waals surface area contributed by atoms with Gasteiger partial charge in [0.15, 0.2) is 0 Å². The van der Waals surface area contributed by atoms with Crippen LogP contribution >= 0.6 is 0 Å². The highest BCUT2D eigenvalue weighted by molar-refractivity contribution is 5.25. The fourth-order valence-corrected chi connectivity index (χ4v) is 8.83. The van der Waals surface area contributed by atoms with Crippen LogP contribution in [-0.4, -0.2) is 11.2 Å². The zero-order valence-corrected chi connectivity index (χ0v) is 20.7. The average Bonchev–Trinajstić information content (AvgIpc) is 3.06. The lowest BCUT2D eigenvalue weighted by molar-refractivity contribution is -0.0540. The highest BCUT2D eigenvalue weighted by Crippen LogP contribution is 2.67. The maximum Gasteiger partial charge on any atom is 0.0577 e. The van der Waals surface area contributed by atoms with Gasteiger partial charge in [0.05, 0.1) is 6.10 Å². The maximum atomic E-state index is 10.2. The first-order chi connectivity index (χ1) is 14.2. The molecule has 3 fully saturated rings. The van der Waals surface area contributed by atoms with Crippen LogP contribution in [-0.2, 0) is 0 Å². The van der Waals surface area contributed by atoms with Crippen LogP contribution in [0.3, 0.4) is 0 Å². The third kappa shape index (κ3) is 3.66. The smallest absolute Gasteiger partial charge is 0.0577 e. The van der Waals surface area contributed by atoms with Gasteiger partial charge in [0.2, 0.25) is 0 Å². The number of rotatable bonds is 5. The lowest BCUT2D eigenvalue weighted by Crippen LogP contribution is -2.50. The van der Waals surface area contributed by atoms with E-state index in [1.54, 1.807) is 5.57 Å². The Morgan fingerprint density at radius 2 is 1.80 bits per heavy atom. The van der Waals surface area contributed by atoms with Gasteiger partial charge in [-0.2, -0.15) is 0 Å². The Balaban J connectivity index is 1.52. The summed E-state index contributed by atoms with van der Waals surface area (Å²) in [5.74, 6) is 5.70. The summed E-state index contributed by atoms with van der Waals surface area (Å²) in [6, 6.07) is 0. The van der Waals surface area contributed by atoms with E-state index in [1.807, 2.05) is 0 Å². The van der Waals surface area contributed by atoms with E-state index in [2.05, 4.69) is 59.8 Å². The van der Waals surface area contributed by atoms with Gasteiger partial charge in [0, 0.05) is 0 Å². The molecule has 0 saturated heterocycles. The largest absolute Gasteiger partial charge is 0.393 e. The van der Waals surface area contributed by atoms with E-state index in [-0.39, 0.29) is 6.10 Å². The number of hydrogen-bond donors (Lipinski definition) is 1. The van der Waals surface area contributed by atoms with Gasteiger partial charge in [-0.15, -0.1) is 0 Å². The Hall–Kier alpha value is -0.560. The van der Waals surface area contributed by atoms with E-state index in [0.29, 0.717) is 16.7 Å². The molecule has 30 heavy (non-hydrogen) atoms. The van der Waals surface area contributed by atoms with Crippen LogP contribution in [0.5, 0.6) is 0 Å². The van der Waals surface area contributed by atoms with Crippen molar-refractivity contribution in [3.8, 4) is 0 Å². The predicted molar refractivity (Wildman–Crippen MR) is 128 cm³/mol. The lowest BCUT2D eigenvalue weighted by Gasteiger charge is -2.58. The van der Waals surface area contributed by atoms with Crippen molar-refractivity contribution in [2.24, 2.45) is 52.3 Å². The Morgan fingerprint density at radius 3 is 2.50 bits per heavy atom. The summed E-state index contributed by atoms with van der Waals surface area (Å²) in [6.45, 7) is 14.8. The second-order valence-electron chi connectivity index (χ2n) is 12.4. The summed E-state index contributed by atoms with van der Waals surface area (Å²) < 4.78 is 0. The van der Waals surface area contributed by atoms with E-state index < -0.39 is 0 Å². The van der Waals surface area contributed by atoms with Gasteiger partial charge in [0.25, 0.3) is 0 Å². The zero-order chi connectivity index (χ0) is 21.7. The minimum absolute atomic E-state index is 0.0870. The first-order valence-electron chi connectivity index (χ1n) is 13.3. The molecule has 1 heteroatoms. The fraction of sp³-hybridized carbons (Fsp3) is 0.862. The van der Waals surface area contributed by atoms with Gasteiger partial charge in [-0.1, -0.05) is 65.3 Å². The summed E-state index contributed by atoms with van der Waals surface area (Å²) in [4.78, 5) is 0. The molecule has 0 amide bonds. The van der Waals surface area contributed by atoms with Crippen molar-refractivity contribution in [3.05, 3.63) is 23.8 Å². The van der Waals surface area contributed by atoms with Gasteiger partial charge in [-0.05, 0) is 110 Å². The van der Waals surface area contributed by atoms with Crippen LogP contribution in [0.2, 0.25) is 0 Å². The summed E-state index contributed by atoms with van der Waals surface area (Å²) in [5, 5.41) is 10.2. The molecule has 0 aromatic rings. The first-order valence-corrected chi connectivity index (χ1v) is 13.3. The van der Waals surface area contributed by atoms with E-state index >= 15 is 0 Å². The normalized spacial score (nSPS) is 45.6. The molecular formula is C29H48O. The van der Waals surface area contributed by atoms with Gasteiger partial charge in [-0.3, -0.25) is 0 Å². The molecule has 0 radical (unpaired) electrons. The SMILES string of the molecule is CC[C@H](/C=C/[C@H](C)[C@@H]1CC[C@@H]2[C@@H]3CC=C4C[C@@H](O)CC[C@]4(C)[C@@H]3CC[C@@]21C)C(C)C. The van der Waals surface area contributed by atoms with E-state index in [1.165, 1.54) is 44.9 Å². The molecule has 3 saturated carbocycles. The van der Waals surface area contributed by atoms with Crippen LogP contribution in [0.25, 0.3) is 0 Å². The van der Waals surface area contributed by atoms with Crippen LogP contribution in [0.4, 0.5) is 0 Å². The predicted octanol–water partition coefficient (Wildman–Crippen LogP) is 7.80. The third-order valence-electron chi connectivity index (χ3n) is 10.8. The third-order valence-corrected chi connectivity index (χ3v) is 10.8. The maximum absolute atomic E-state index is 10.2. The molecule has 170 valence electrons. The molecule has 4 aliphatic rings. The van der Waals surface area contributed by atoms with Crippen molar-refractivity contribution in [1.82, 2.24) is 0 Å². The molecule has 0 aromatic heterocycles. The zero-order valence-electron chi connectivity index (χ0n) is 20.7. The van der Waals surface area contributed by atoms with Crippen LogP contribution in [0.1, 0.15) is 99.3 Å². The van der Waals surface area contributed by atoms with E-state index in [0.717, 1.165) is 48.3 Å². The molecule has 1 N–H and O–H groups in total. The molecule has 0 spiro atoms. The molecule has 0 heterocycles. The Morgan fingerprint density at radius 1 is 1.03 bits per heavy atom. The lowest BCUT2D eigenvalue weighted by atomic mass is 9.47. The molecule has 0 aliphatic heterocycles. The molecule has 0 unspecified atom stereocenters. The van der Waals surface area contributed by atoms with E-state index in [9.17, 15) is 5.11 Å². The summed E-state index contributed by atoms with van der Waals surface area (Å²) in [7, 11) is 0. The van der Waals surface area contributed by atoms with Crippen molar-refractivity contribution < 1.29 is 5.11 Å². The molecule has 0 bridgehead atoms. The van der Waals surface area contributed by atoms with Crippen LogP contribution in [0, 0.1) is 52.3 Å². The summed E-state index contributed by atoms with van der Waals surface area (Å²) in [6.07, 6.45) is 19.1. The van der Waals surface area contributed by atoms with Gasteiger partial charge in [-0.25, -0.2) is 0 Å². The topological polar surface area (TPSA) is 20.2 Å². The first kappa shape index (κ1) is 22.6. The van der Waals surface area contributed by atoms with Crippen molar-refractivity contribution in [3.63, 3.8) is 0 Å². The molecule has 4 aliphatic carbocycles. The van der Waals surface area contributed by atoms with Crippen LogP contribution in [0.15, 0.2) is 23.8 Å². The molecule has 9 atom stereocenters. The molecule has 0 aromatic carbocycles. The molecule has 1 nitrogen and oxygen atoms in total. The van der Waals surface area contributed by atoms with Crippen LogP contribution < -0.4 is 0 Å². The fourth-order valence-electron chi connectivity index (χ4n) is 8.83. The number of fused-ring (bicyclic) bond motifs is 5. The average molecular weight is 413 g/mol. The van der Waals surface area contributed by atoms with Gasteiger partial charge in [0.1, 0.15) is 0 Å². The van der Waals surface area contributed by atoms with Crippen molar-refractivity contribution >= 4 is 0 Å². The van der Waals surface area contributed by atoms with E-state index in [4.69, 9.17) is 0 Å². The standard InChI is InChI=1S/C29H48O/c1-7-21(19(2)3)9-8-20(4)25-12-13-26-24-11-10-22-18-23(30)14-16-28(22,5)27(24)15-17-29(25,26)6/h8-10,19-21,23-27,30H,7,11-18H2,1-6H3/b9-8+/t20-,21+,23-,24-,25-,26+,27+,28-,29+/m0/s1. The van der Waals surface area contributed by atoms with Crippen molar-refractivity contribution in [2.75, 3.05) is 0 Å². The Labute approximate surface area is 186 Å². The Kier molecular flexibility index (Phi) is 6.35. The second kappa shape index (κ2) is 8.42. The quantitative estimate of drug-likeness (QED) is 0.457. The highest BCUT2D eigenvalue weighted by atomic mass is 16.3.